The minimum Gasteiger partial charge on any atom is -0.310 e. The third-order valence-electron chi connectivity index (χ3n) is 3.47. The van der Waals surface area contributed by atoms with Gasteiger partial charge in [0.2, 0.25) is 0 Å². The van der Waals surface area contributed by atoms with Crippen molar-refractivity contribution >= 4 is 15.9 Å². The molecule has 2 aromatic carbocycles. The molecule has 0 amide bonds. The highest BCUT2D eigenvalue weighted by atomic mass is 79.9. The van der Waals surface area contributed by atoms with Crippen LogP contribution in [0.15, 0.2) is 59.1 Å². The fraction of sp³-hybridized carbons (Fsp3) is 0.294. The van der Waals surface area contributed by atoms with Crippen LogP contribution in [0.1, 0.15) is 36.9 Å². The second-order valence-electron chi connectivity index (χ2n) is 4.96. The van der Waals surface area contributed by atoms with Crippen LogP contribution in [0.4, 0.5) is 0 Å². The van der Waals surface area contributed by atoms with Crippen LogP contribution in [0.2, 0.25) is 0 Å². The molecule has 0 aliphatic heterocycles. The van der Waals surface area contributed by atoms with Crippen LogP contribution in [0.3, 0.4) is 0 Å². The molecular formula is C17H20BrN. The molecule has 1 nitrogen and oxygen atoms in total. The van der Waals surface area contributed by atoms with Gasteiger partial charge in [-0.25, -0.2) is 0 Å². The van der Waals surface area contributed by atoms with Gasteiger partial charge in [0.25, 0.3) is 0 Å². The van der Waals surface area contributed by atoms with Crippen molar-refractivity contribution in [2.24, 2.45) is 0 Å². The molecule has 2 rings (SSSR count). The standard InChI is InChI=1S/C17H20BrN/c1-13(15-8-4-3-5-9-15)12-19-14(2)16-10-6-7-11-17(16)18/h3-11,13-14,19H,12H2,1-2H3/t13?,14-/m0/s1. The predicted octanol–water partition coefficient (Wildman–Crippen LogP) is 4.90. The summed E-state index contributed by atoms with van der Waals surface area (Å²) in [7, 11) is 0. The van der Waals surface area contributed by atoms with Crippen LogP contribution in [0, 0.1) is 0 Å². The van der Waals surface area contributed by atoms with Gasteiger partial charge in [0, 0.05) is 17.1 Å². The SMILES string of the molecule is CC(CN[C@@H](C)c1ccccc1Br)c1ccccc1. The van der Waals surface area contributed by atoms with Crippen molar-refractivity contribution in [2.75, 3.05) is 6.54 Å². The smallest absolute Gasteiger partial charge is 0.0303 e. The van der Waals surface area contributed by atoms with E-state index in [0.717, 1.165) is 6.54 Å². The van der Waals surface area contributed by atoms with Crippen molar-refractivity contribution in [1.29, 1.82) is 0 Å². The quantitative estimate of drug-likeness (QED) is 0.826. The molecule has 19 heavy (non-hydrogen) atoms. The Bertz CT molecular complexity index is 510. The van der Waals surface area contributed by atoms with Gasteiger partial charge < -0.3 is 5.32 Å². The Labute approximate surface area is 124 Å². The minimum absolute atomic E-state index is 0.349. The second-order valence-corrected chi connectivity index (χ2v) is 5.82. The zero-order valence-corrected chi connectivity index (χ0v) is 13.0. The van der Waals surface area contributed by atoms with E-state index in [0.29, 0.717) is 12.0 Å². The lowest BCUT2D eigenvalue weighted by Crippen LogP contribution is -2.23. The van der Waals surface area contributed by atoms with Gasteiger partial charge in [-0.2, -0.15) is 0 Å². The molecule has 2 heteroatoms. The minimum atomic E-state index is 0.349. The molecule has 0 aliphatic rings. The van der Waals surface area contributed by atoms with Crippen molar-refractivity contribution in [3.8, 4) is 0 Å². The average molecular weight is 318 g/mol. The summed E-state index contributed by atoms with van der Waals surface area (Å²) in [5, 5.41) is 3.61. The molecule has 0 aliphatic carbocycles. The van der Waals surface area contributed by atoms with Gasteiger partial charge in [-0.05, 0) is 30.0 Å². The molecule has 1 unspecified atom stereocenters. The van der Waals surface area contributed by atoms with Crippen LogP contribution >= 0.6 is 15.9 Å². The number of rotatable bonds is 5. The fourth-order valence-corrected chi connectivity index (χ4v) is 2.82. The topological polar surface area (TPSA) is 12.0 Å². The highest BCUT2D eigenvalue weighted by Gasteiger charge is 2.10. The Morgan fingerprint density at radius 2 is 1.58 bits per heavy atom. The molecule has 0 saturated carbocycles. The second kappa shape index (κ2) is 6.88. The van der Waals surface area contributed by atoms with E-state index in [9.17, 15) is 0 Å². The summed E-state index contributed by atoms with van der Waals surface area (Å²) in [6.07, 6.45) is 0. The van der Waals surface area contributed by atoms with Gasteiger partial charge >= 0.3 is 0 Å². The maximum absolute atomic E-state index is 3.61. The lowest BCUT2D eigenvalue weighted by Gasteiger charge is -2.19. The van der Waals surface area contributed by atoms with Gasteiger partial charge in [-0.3, -0.25) is 0 Å². The Balaban J connectivity index is 1.94. The van der Waals surface area contributed by atoms with Gasteiger partial charge in [0.15, 0.2) is 0 Å². The number of nitrogens with one attached hydrogen (secondary N) is 1. The third kappa shape index (κ3) is 3.92. The van der Waals surface area contributed by atoms with Crippen LogP contribution in [0.5, 0.6) is 0 Å². The summed E-state index contributed by atoms with van der Waals surface area (Å²) in [5.41, 5.74) is 2.69. The van der Waals surface area contributed by atoms with Crippen molar-refractivity contribution in [1.82, 2.24) is 5.32 Å². The maximum atomic E-state index is 3.61. The Morgan fingerprint density at radius 1 is 0.947 bits per heavy atom. The van der Waals surface area contributed by atoms with E-state index < -0.39 is 0 Å². The molecule has 0 saturated heterocycles. The normalized spacial score (nSPS) is 14.1. The Hall–Kier alpha value is -1.12. The molecule has 0 aromatic heterocycles. The van der Waals surface area contributed by atoms with Gasteiger partial charge in [0.05, 0.1) is 0 Å². The molecule has 2 aromatic rings. The Morgan fingerprint density at radius 3 is 2.26 bits per heavy atom. The van der Waals surface area contributed by atoms with Gasteiger partial charge in [-0.15, -0.1) is 0 Å². The molecule has 1 N–H and O–H groups in total. The summed E-state index contributed by atoms with van der Waals surface area (Å²) in [6.45, 7) is 5.44. The van der Waals surface area contributed by atoms with Gasteiger partial charge in [-0.1, -0.05) is 71.4 Å². The third-order valence-corrected chi connectivity index (χ3v) is 4.19. The summed E-state index contributed by atoms with van der Waals surface area (Å²) in [4.78, 5) is 0. The highest BCUT2D eigenvalue weighted by molar-refractivity contribution is 9.10. The van der Waals surface area contributed by atoms with E-state index in [1.807, 2.05) is 6.07 Å². The lowest BCUT2D eigenvalue weighted by molar-refractivity contribution is 0.536. The van der Waals surface area contributed by atoms with Crippen molar-refractivity contribution in [2.45, 2.75) is 25.8 Å². The van der Waals surface area contributed by atoms with E-state index in [2.05, 4.69) is 83.6 Å². The molecule has 100 valence electrons. The summed E-state index contributed by atoms with van der Waals surface area (Å²) in [5.74, 6) is 0.520. The van der Waals surface area contributed by atoms with Crippen LogP contribution < -0.4 is 5.32 Å². The van der Waals surface area contributed by atoms with Crippen LogP contribution in [-0.2, 0) is 0 Å². The average Bonchev–Trinajstić information content (AvgIpc) is 2.46. The van der Waals surface area contributed by atoms with Crippen molar-refractivity contribution in [3.63, 3.8) is 0 Å². The molecule has 0 radical (unpaired) electrons. The molecule has 2 atom stereocenters. The first-order chi connectivity index (χ1) is 9.18. The van der Waals surface area contributed by atoms with Crippen molar-refractivity contribution in [3.05, 3.63) is 70.2 Å². The Kier molecular flexibility index (Phi) is 5.17. The monoisotopic (exact) mass is 317 g/mol. The zero-order chi connectivity index (χ0) is 13.7. The first kappa shape index (κ1) is 14.3. The van der Waals surface area contributed by atoms with E-state index in [1.54, 1.807) is 0 Å². The van der Waals surface area contributed by atoms with Crippen molar-refractivity contribution < 1.29 is 0 Å². The lowest BCUT2D eigenvalue weighted by atomic mass is 10.0. The number of hydrogen-bond acceptors (Lipinski definition) is 1. The predicted molar refractivity (Wildman–Crippen MR) is 85.4 cm³/mol. The zero-order valence-electron chi connectivity index (χ0n) is 11.4. The van der Waals surface area contributed by atoms with E-state index in [4.69, 9.17) is 0 Å². The summed E-state index contributed by atoms with van der Waals surface area (Å²) < 4.78 is 1.17. The number of benzene rings is 2. The molecule has 0 bridgehead atoms. The largest absolute Gasteiger partial charge is 0.310 e. The number of hydrogen-bond donors (Lipinski definition) is 1. The fourth-order valence-electron chi connectivity index (χ4n) is 2.19. The van der Waals surface area contributed by atoms with E-state index in [-0.39, 0.29) is 0 Å². The van der Waals surface area contributed by atoms with Crippen LogP contribution in [0.25, 0.3) is 0 Å². The maximum Gasteiger partial charge on any atom is 0.0303 e. The first-order valence-corrected chi connectivity index (χ1v) is 7.50. The molecule has 0 spiro atoms. The summed E-state index contributed by atoms with van der Waals surface area (Å²) >= 11 is 3.61. The number of halogens is 1. The van der Waals surface area contributed by atoms with E-state index >= 15 is 0 Å². The molecule has 0 fully saturated rings. The molecular weight excluding hydrogens is 298 g/mol. The van der Waals surface area contributed by atoms with Gasteiger partial charge in [0.1, 0.15) is 0 Å². The highest BCUT2D eigenvalue weighted by Crippen LogP contribution is 2.23. The van der Waals surface area contributed by atoms with E-state index in [1.165, 1.54) is 15.6 Å². The first-order valence-electron chi connectivity index (χ1n) is 6.71. The summed E-state index contributed by atoms with van der Waals surface area (Å²) in [6, 6.07) is 19.4. The molecule has 0 heterocycles. The van der Waals surface area contributed by atoms with Crippen LogP contribution in [-0.4, -0.2) is 6.54 Å².